The predicted molar refractivity (Wildman–Crippen MR) is 131 cm³/mol. The van der Waals surface area contributed by atoms with E-state index in [0.717, 1.165) is 5.56 Å². The van der Waals surface area contributed by atoms with E-state index in [1.165, 1.54) is 18.0 Å². The van der Waals surface area contributed by atoms with Gasteiger partial charge in [0.2, 0.25) is 11.8 Å². The van der Waals surface area contributed by atoms with Gasteiger partial charge in [-0.3, -0.25) is 9.59 Å². The lowest BCUT2D eigenvalue weighted by atomic mass is 10.1. The normalized spacial score (nSPS) is 11.8. The summed E-state index contributed by atoms with van der Waals surface area (Å²) in [6.45, 7) is 6.97. The number of benzene rings is 1. The molecule has 0 radical (unpaired) electrons. The molecule has 0 unspecified atom stereocenters. The van der Waals surface area contributed by atoms with Crippen LogP contribution in [0.25, 0.3) is 0 Å². The van der Waals surface area contributed by atoms with E-state index in [4.69, 9.17) is 9.47 Å². The van der Waals surface area contributed by atoms with Gasteiger partial charge in [0.1, 0.15) is 23.8 Å². The van der Waals surface area contributed by atoms with Crippen molar-refractivity contribution in [2.45, 2.75) is 45.8 Å². The Kier molecular flexibility index (Phi) is 10.0. The molecule has 0 spiro atoms. The van der Waals surface area contributed by atoms with Gasteiger partial charge in [-0.15, -0.1) is 0 Å². The van der Waals surface area contributed by atoms with Crippen molar-refractivity contribution in [2.75, 3.05) is 32.1 Å². The monoisotopic (exact) mass is 486 g/mol. The number of amides is 3. The Morgan fingerprint density at radius 3 is 2.34 bits per heavy atom. The van der Waals surface area contributed by atoms with Gasteiger partial charge in [0.25, 0.3) is 0 Å². The van der Waals surface area contributed by atoms with E-state index in [9.17, 15) is 19.5 Å². The number of carbonyl (C=O) groups excluding carboxylic acids is 3. The molecule has 1 heterocycles. The number of aromatic nitrogens is 1. The van der Waals surface area contributed by atoms with Crippen LogP contribution in [-0.2, 0) is 20.7 Å². The summed E-state index contributed by atoms with van der Waals surface area (Å²) in [5, 5.41) is 15.8. The van der Waals surface area contributed by atoms with Crippen LogP contribution in [0.4, 0.5) is 10.6 Å². The Balaban J connectivity index is 2.01. The number of likely N-dealkylation sites (N-methyl/N-ethyl adjacent to an activating group) is 1. The maximum atomic E-state index is 12.8. The molecule has 2 rings (SSSR count). The fourth-order valence-corrected chi connectivity index (χ4v) is 3.01. The topological polar surface area (TPSA) is 130 Å². The molecule has 1 aromatic heterocycles. The number of ether oxygens (including phenoxy) is 2. The number of aliphatic hydroxyl groups excluding tert-OH is 1. The number of pyridine rings is 1. The Hall–Kier alpha value is -3.66. The van der Waals surface area contributed by atoms with E-state index in [1.54, 1.807) is 64.2 Å². The quantitative estimate of drug-likeness (QED) is 0.471. The number of nitrogens with zero attached hydrogens (tertiary/aromatic N) is 2. The molecule has 0 bridgehead atoms. The van der Waals surface area contributed by atoms with Crippen LogP contribution in [0.15, 0.2) is 42.6 Å². The fraction of sp³-hybridized carbons (Fsp3) is 0.440. The second-order valence-corrected chi connectivity index (χ2v) is 8.94. The van der Waals surface area contributed by atoms with Gasteiger partial charge in [0.15, 0.2) is 0 Å². The van der Waals surface area contributed by atoms with Crippen LogP contribution >= 0.6 is 0 Å². The van der Waals surface area contributed by atoms with E-state index < -0.39 is 17.8 Å². The van der Waals surface area contributed by atoms with Crippen LogP contribution in [-0.4, -0.2) is 65.2 Å². The van der Waals surface area contributed by atoms with Crippen molar-refractivity contribution in [3.05, 3.63) is 53.7 Å². The van der Waals surface area contributed by atoms with Crippen LogP contribution in [0.5, 0.6) is 5.75 Å². The molecule has 3 amide bonds. The fourth-order valence-electron chi connectivity index (χ4n) is 3.01. The molecule has 35 heavy (non-hydrogen) atoms. The summed E-state index contributed by atoms with van der Waals surface area (Å²) in [5.41, 5.74) is 0.636. The van der Waals surface area contributed by atoms with Crippen molar-refractivity contribution in [2.24, 2.45) is 0 Å². The molecule has 0 fully saturated rings. The third-order valence-corrected chi connectivity index (χ3v) is 4.72. The molecule has 1 aromatic carbocycles. The van der Waals surface area contributed by atoms with E-state index in [0.29, 0.717) is 17.1 Å². The first-order valence-corrected chi connectivity index (χ1v) is 11.3. The van der Waals surface area contributed by atoms with Gasteiger partial charge in [-0.2, -0.15) is 0 Å². The third-order valence-electron chi connectivity index (χ3n) is 4.72. The van der Waals surface area contributed by atoms with Gasteiger partial charge in [-0.25, -0.2) is 9.78 Å². The maximum absolute atomic E-state index is 12.8. The van der Waals surface area contributed by atoms with Crippen molar-refractivity contribution < 1.29 is 29.0 Å². The van der Waals surface area contributed by atoms with Crippen molar-refractivity contribution in [1.29, 1.82) is 0 Å². The molecule has 10 nitrogen and oxygen atoms in total. The van der Waals surface area contributed by atoms with Crippen LogP contribution in [0.2, 0.25) is 0 Å². The molecule has 190 valence electrons. The van der Waals surface area contributed by atoms with Crippen molar-refractivity contribution in [1.82, 2.24) is 15.2 Å². The van der Waals surface area contributed by atoms with Crippen LogP contribution < -0.4 is 15.4 Å². The van der Waals surface area contributed by atoms with Crippen molar-refractivity contribution >= 4 is 23.7 Å². The van der Waals surface area contributed by atoms with Crippen molar-refractivity contribution in [3.63, 3.8) is 0 Å². The highest BCUT2D eigenvalue weighted by atomic mass is 16.6. The molecule has 0 aliphatic heterocycles. The van der Waals surface area contributed by atoms with E-state index in [2.05, 4.69) is 15.6 Å². The minimum atomic E-state index is -1.02. The first-order valence-electron chi connectivity index (χ1n) is 11.3. The number of aliphatic hydroxyl groups is 1. The first kappa shape index (κ1) is 27.6. The van der Waals surface area contributed by atoms with Crippen LogP contribution in [0.3, 0.4) is 0 Å². The summed E-state index contributed by atoms with van der Waals surface area (Å²) < 4.78 is 11.2. The lowest BCUT2D eigenvalue weighted by Gasteiger charge is -2.29. The Labute approximate surface area is 205 Å². The highest BCUT2D eigenvalue weighted by molar-refractivity contribution is 5.87. The second kappa shape index (κ2) is 12.7. The SMILES string of the molecule is CNC(=O)Cc1ccc(OCCN(C[C@H](O)c2ccc(NC(C)=O)nc2)C(=O)OC(C)(C)C)cc1. The smallest absolute Gasteiger partial charge is 0.410 e. The van der Waals surface area contributed by atoms with Gasteiger partial charge in [-0.1, -0.05) is 18.2 Å². The standard InChI is InChI=1S/C25H34N4O6/c1-17(30)28-22-11-8-19(15-27-22)21(31)16-29(24(33)35-25(2,3)4)12-13-34-20-9-6-18(7-10-20)14-23(32)26-5/h6-11,15,21,31H,12-14,16H2,1-5H3,(H,26,32)(H,27,28,30)/t21-/m0/s1. The number of rotatable bonds is 10. The molecule has 3 N–H and O–H groups in total. The second-order valence-electron chi connectivity index (χ2n) is 8.94. The highest BCUT2D eigenvalue weighted by Crippen LogP contribution is 2.18. The molecular formula is C25H34N4O6. The van der Waals surface area contributed by atoms with E-state index in [-0.39, 0.29) is 37.9 Å². The largest absolute Gasteiger partial charge is 0.492 e. The number of carbonyl (C=O) groups is 3. The molecule has 2 aromatic rings. The zero-order chi connectivity index (χ0) is 26.0. The summed E-state index contributed by atoms with van der Waals surface area (Å²) in [4.78, 5) is 40.9. The molecule has 0 aliphatic carbocycles. The van der Waals surface area contributed by atoms with Gasteiger partial charge >= 0.3 is 6.09 Å². The van der Waals surface area contributed by atoms with Gasteiger partial charge in [0.05, 0.1) is 25.6 Å². The summed E-state index contributed by atoms with van der Waals surface area (Å²) in [6.07, 6.45) is 0.122. The molecule has 0 aliphatic rings. The first-order chi connectivity index (χ1) is 16.5. The number of hydrogen-bond donors (Lipinski definition) is 3. The lowest BCUT2D eigenvalue weighted by Crippen LogP contribution is -2.41. The predicted octanol–water partition coefficient (Wildman–Crippen LogP) is 2.68. The molecule has 0 saturated carbocycles. The summed E-state index contributed by atoms with van der Waals surface area (Å²) >= 11 is 0. The zero-order valence-electron chi connectivity index (χ0n) is 20.8. The Morgan fingerprint density at radius 1 is 1.11 bits per heavy atom. The van der Waals surface area contributed by atoms with E-state index >= 15 is 0 Å². The minimum absolute atomic E-state index is 0.0372. The number of hydrogen-bond acceptors (Lipinski definition) is 7. The molecule has 10 heteroatoms. The number of anilines is 1. The minimum Gasteiger partial charge on any atom is -0.492 e. The van der Waals surface area contributed by atoms with Gasteiger partial charge in [0, 0.05) is 25.7 Å². The van der Waals surface area contributed by atoms with Crippen molar-refractivity contribution in [3.8, 4) is 5.75 Å². The third kappa shape index (κ3) is 10.0. The van der Waals surface area contributed by atoms with Gasteiger partial charge < -0.3 is 30.1 Å². The number of nitrogens with one attached hydrogen (secondary N) is 2. The average Bonchev–Trinajstić information content (AvgIpc) is 2.78. The summed E-state index contributed by atoms with van der Waals surface area (Å²) in [5.74, 6) is 0.633. The molecule has 0 saturated heterocycles. The Bertz CT molecular complexity index is 987. The average molecular weight is 487 g/mol. The Morgan fingerprint density at radius 2 is 1.80 bits per heavy atom. The molecular weight excluding hydrogens is 452 g/mol. The molecule has 1 atom stereocenters. The van der Waals surface area contributed by atoms with Crippen LogP contribution in [0.1, 0.15) is 44.9 Å². The van der Waals surface area contributed by atoms with Gasteiger partial charge in [-0.05, 0) is 44.5 Å². The maximum Gasteiger partial charge on any atom is 0.410 e. The van der Waals surface area contributed by atoms with E-state index in [1.807, 2.05) is 0 Å². The summed E-state index contributed by atoms with van der Waals surface area (Å²) in [7, 11) is 1.59. The lowest BCUT2D eigenvalue weighted by molar-refractivity contribution is -0.120. The highest BCUT2D eigenvalue weighted by Gasteiger charge is 2.25. The summed E-state index contributed by atoms with van der Waals surface area (Å²) in [6, 6.07) is 10.3. The van der Waals surface area contributed by atoms with Crippen LogP contribution in [0, 0.1) is 0 Å². The zero-order valence-corrected chi connectivity index (χ0v) is 20.8.